The molecular weight excluding hydrogens is 649 g/mol. The second-order valence-electron chi connectivity index (χ2n) is 10.0. The van der Waals surface area contributed by atoms with E-state index in [1.165, 1.54) is 12.3 Å². The van der Waals surface area contributed by atoms with Crippen LogP contribution < -0.4 is 15.7 Å². The fourth-order valence-corrected chi connectivity index (χ4v) is 6.77. The Balaban J connectivity index is 1.20. The van der Waals surface area contributed by atoms with Gasteiger partial charge in [-0.2, -0.15) is 4.98 Å². The summed E-state index contributed by atoms with van der Waals surface area (Å²) in [7, 11) is -4.03. The topological polar surface area (TPSA) is 190 Å². The number of ether oxygens (including phenoxy) is 1. The Morgan fingerprint density at radius 2 is 1.55 bits per heavy atom. The smallest absolute Gasteiger partial charge is 0.413 e. The molecule has 5 rings (SSSR count). The standard InChI is InChI=1S/C31H28N6O8S2/c38-26(36(20-27(39)40)18-16-32-47(43,44)31-33-23-13-7-8-14-24(23)46-31)19-37-17-15-25(34-29(37)41)35-30(42)45-28(21-9-3-1-4-10-21)22-11-5-2-6-12-22/h1-15,17,28,32H,16,18-20H2,(H,39,40)(H,34,35,41,42). The number of nitrogens with one attached hydrogen (secondary N) is 2. The third-order valence-corrected chi connectivity index (χ3v) is 9.57. The van der Waals surface area contributed by atoms with Crippen LogP contribution in [0.5, 0.6) is 0 Å². The minimum atomic E-state index is -4.03. The summed E-state index contributed by atoms with van der Waals surface area (Å²) in [4.78, 5) is 58.8. The van der Waals surface area contributed by atoms with Gasteiger partial charge >= 0.3 is 17.8 Å². The van der Waals surface area contributed by atoms with Crippen molar-refractivity contribution in [3.8, 4) is 0 Å². The first kappa shape index (κ1) is 32.9. The number of rotatable bonds is 13. The van der Waals surface area contributed by atoms with E-state index in [-0.39, 0.29) is 23.2 Å². The number of benzene rings is 3. The molecule has 47 heavy (non-hydrogen) atoms. The number of carbonyl (C=O) groups excluding carboxylic acids is 2. The monoisotopic (exact) mass is 676 g/mol. The van der Waals surface area contributed by atoms with Gasteiger partial charge in [-0.15, -0.1) is 11.3 Å². The number of carboxylic acid groups (broad SMARTS) is 1. The molecule has 16 heteroatoms. The van der Waals surface area contributed by atoms with Crippen molar-refractivity contribution < 1.29 is 32.6 Å². The van der Waals surface area contributed by atoms with Crippen LogP contribution in [0.2, 0.25) is 0 Å². The molecule has 5 aromatic rings. The van der Waals surface area contributed by atoms with Crippen molar-refractivity contribution in [1.82, 2.24) is 24.2 Å². The van der Waals surface area contributed by atoms with E-state index in [4.69, 9.17) is 4.74 Å². The number of hydrogen-bond donors (Lipinski definition) is 3. The molecule has 0 saturated carbocycles. The van der Waals surface area contributed by atoms with E-state index in [0.29, 0.717) is 10.2 Å². The number of amides is 2. The molecule has 3 N–H and O–H groups in total. The van der Waals surface area contributed by atoms with Gasteiger partial charge in [0.2, 0.25) is 10.2 Å². The van der Waals surface area contributed by atoms with Crippen molar-refractivity contribution in [2.45, 2.75) is 17.0 Å². The highest BCUT2D eigenvalue weighted by Gasteiger charge is 2.23. The molecule has 0 aliphatic rings. The molecule has 2 heterocycles. The summed E-state index contributed by atoms with van der Waals surface area (Å²) in [6.45, 7) is -1.92. The minimum Gasteiger partial charge on any atom is -0.480 e. The Kier molecular flexibility index (Phi) is 10.3. The fourth-order valence-electron chi connectivity index (χ4n) is 4.49. The van der Waals surface area contributed by atoms with E-state index in [1.54, 1.807) is 24.3 Å². The molecule has 0 bridgehead atoms. The summed E-state index contributed by atoms with van der Waals surface area (Å²) < 4.78 is 34.9. The Morgan fingerprint density at radius 3 is 2.17 bits per heavy atom. The highest BCUT2D eigenvalue weighted by Crippen LogP contribution is 2.27. The van der Waals surface area contributed by atoms with Crippen molar-refractivity contribution in [3.05, 3.63) is 119 Å². The number of nitrogens with zero attached hydrogens (tertiary/aromatic N) is 4. The third-order valence-electron chi connectivity index (χ3n) is 6.70. The molecular formula is C31H28N6O8S2. The maximum atomic E-state index is 13.0. The molecule has 0 spiro atoms. The highest BCUT2D eigenvalue weighted by molar-refractivity contribution is 7.91. The van der Waals surface area contributed by atoms with Gasteiger partial charge in [0.15, 0.2) is 6.10 Å². The molecule has 0 saturated heterocycles. The second-order valence-corrected chi connectivity index (χ2v) is 13.0. The maximum Gasteiger partial charge on any atom is 0.413 e. The van der Waals surface area contributed by atoms with E-state index < -0.39 is 52.9 Å². The maximum absolute atomic E-state index is 13.0. The molecule has 0 atom stereocenters. The average Bonchev–Trinajstić information content (AvgIpc) is 3.51. The van der Waals surface area contributed by atoms with E-state index in [0.717, 1.165) is 31.9 Å². The number of carbonyl (C=O) groups is 3. The molecule has 0 aliphatic heterocycles. The lowest BCUT2D eigenvalue weighted by Gasteiger charge is -2.21. The fraction of sp³-hybridized carbons (Fsp3) is 0.161. The first-order chi connectivity index (χ1) is 22.6. The lowest BCUT2D eigenvalue weighted by Crippen LogP contribution is -2.43. The predicted octanol–water partition coefficient (Wildman–Crippen LogP) is 3.08. The van der Waals surface area contributed by atoms with Crippen molar-refractivity contribution in [1.29, 1.82) is 0 Å². The Hall–Kier alpha value is -5.45. The van der Waals surface area contributed by atoms with Crippen LogP contribution in [0.25, 0.3) is 10.2 Å². The lowest BCUT2D eigenvalue weighted by atomic mass is 10.0. The Bertz CT molecular complexity index is 1980. The molecule has 0 unspecified atom stereocenters. The van der Waals surface area contributed by atoms with E-state index in [9.17, 15) is 32.7 Å². The molecule has 2 aromatic heterocycles. The highest BCUT2D eigenvalue weighted by atomic mass is 32.2. The van der Waals surface area contributed by atoms with Gasteiger partial charge in [0.05, 0.1) is 10.2 Å². The van der Waals surface area contributed by atoms with Gasteiger partial charge < -0.3 is 14.7 Å². The molecule has 14 nitrogen and oxygen atoms in total. The second kappa shape index (κ2) is 14.8. The van der Waals surface area contributed by atoms with E-state index in [1.807, 2.05) is 60.7 Å². The first-order valence-electron chi connectivity index (χ1n) is 14.1. The lowest BCUT2D eigenvalue weighted by molar-refractivity contribution is -0.144. The van der Waals surface area contributed by atoms with Crippen molar-refractivity contribution >= 4 is 55.4 Å². The summed E-state index contributed by atoms with van der Waals surface area (Å²) in [6.07, 6.45) is -0.394. The zero-order valence-corrected chi connectivity index (χ0v) is 26.2. The SMILES string of the molecule is O=C(O)CN(CCNS(=O)(=O)c1nc2ccccc2s1)C(=O)Cn1ccc(NC(=O)OC(c2ccccc2)c2ccccc2)nc1=O. The van der Waals surface area contributed by atoms with Crippen LogP contribution in [-0.2, 0) is 30.9 Å². The van der Waals surface area contributed by atoms with Crippen molar-refractivity contribution in [2.24, 2.45) is 0 Å². The van der Waals surface area contributed by atoms with Crippen LogP contribution in [0.1, 0.15) is 17.2 Å². The van der Waals surface area contributed by atoms with Gasteiger partial charge in [0, 0.05) is 19.3 Å². The summed E-state index contributed by atoms with van der Waals surface area (Å²) in [6, 6.07) is 26.4. The van der Waals surface area contributed by atoms with Gasteiger partial charge in [0.1, 0.15) is 18.9 Å². The van der Waals surface area contributed by atoms with E-state index in [2.05, 4.69) is 20.0 Å². The summed E-state index contributed by atoms with van der Waals surface area (Å²) >= 11 is 0.973. The number of fused-ring (bicyclic) bond motifs is 1. The van der Waals surface area contributed by atoms with Crippen LogP contribution in [0.3, 0.4) is 0 Å². The first-order valence-corrected chi connectivity index (χ1v) is 16.4. The Morgan fingerprint density at radius 1 is 0.915 bits per heavy atom. The predicted molar refractivity (Wildman–Crippen MR) is 172 cm³/mol. The summed E-state index contributed by atoms with van der Waals surface area (Å²) in [5, 5.41) is 11.7. The summed E-state index contributed by atoms with van der Waals surface area (Å²) in [5.74, 6) is -2.24. The van der Waals surface area contributed by atoms with Gasteiger partial charge in [-0.3, -0.25) is 19.5 Å². The molecule has 0 aliphatic carbocycles. The molecule has 0 fully saturated rings. The van der Waals surface area contributed by atoms with Gasteiger partial charge in [-0.1, -0.05) is 72.8 Å². The van der Waals surface area contributed by atoms with Crippen LogP contribution in [0.4, 0.5) is 10.6 Å². The molecule has 3 aromatic carbocycles. The van der Waals surface area contributed by atoms with Crippen LogP contribution in [-0.4, -0.2) is 70.6 Å². The van der Waals surface area contributed by atoms with Crippen LogP contribution in [0, 0.1) is 0 Å². The van der Waals surface area contributed by atoms with Gasteiger partial charge in [-0.25, -0.2) is 27.7 Å². The molecule has 242 valence electrons. The van der Waals surface area contributed by atoms with Crippen LogP contribution >= 0.6 is 11.3 Å². The quantitative estimate of drug-likeness (QED) is 0.167. The number of hydrogen-bond acceptors (Lipinski definition) is 10. The summed E-state index contributed by atoms with van der Waals surface area (Å²) in [5.41, 5.74) is 1.07. The zero-order valence-electron chi connectivity index (χ0n) is 24.6. The van der Waals surface area contributed by atoms with Crippen molar-refractivity contribution in [3.63, 3.8) is 0 Å². The normalized spacial score (nSPS) is 11.3. The number of thiazole rings is 1. The molecule has 2 amide bonds. The van der Waals surface area contributed by atoms with Gasteiger partial charge in [-0.05, 0) is 29.3 Å². The third kappa shape index (κ3) is 8.63. The Labute approximate surface area is 272 Å². The van der Waals surface area contributed by atoms with E-state index >= 15 is 0 Å². The number of para-hydroxylation sites is 1. The number of carboxylic acids is 1. The van der Waals surface area contributed by atoms with Gasteiger partial charge in [0.25, 0.3) is 10.0 Å². The molecule has 0 radical (unpaired) electrons. The minimum absolute atomic E-state index is 0.129. The average molecular weight is 677 g/mol. The largest absolute Gasteiger partial charge is 0.480 e. The number of aromatic nitrogens is 3. The number of sulfonamides is 1. The van der Waals surface area contributed by atoms with Crippen LogP contribution in [0.15, 0.2) is 106 Å². The zero-order chi connectivity index (χ0) is 33.4. The van der Waals surface area contributed by atoms with Crippen molar-refractivity contribution in [2.75, 3.05) is 25.0 Å². The number of aliphatic carboxylic acids is 1. The number of anilines is 1.